The molecule has 0 aliphatic heterocycles. The average molecular weight is 604 g/mol. The Morgan fingerprint density at radius 3 is 2.08 bits per heavy atom. The highest BCUT2D eigenvalue weighted by atomic mass is 79.9. The first-order valence-electron chi connectivity index (χ1n) is 13.1. The molecule has 0 aliphatic carbocycles. The monoisotopic (exact) mass is 602 g/mol. The Balaban J connectivity index is 2.31. The number of hydrogen-bond donors (Lipinski definition) is 0. The number of rotatable bonds is 7. The molecule has 0 fully saturated rings. The van der Waals surface area contributed by atoms with Crippen LogP contribution >= 0.6 is 15.9 Å². The quantitative estimate of drug-likeness (QED) is 0.253. The molecule has 0 atom stereocenters. The number of anilines is 1. The smallest absolute Gasteiger partial charge is 0.416 e. The van der Waals surface area contributed by atoms with E-state index in [0.717, 1.165) is 21.3 Å². The molecule has 206 valence electrons. The first-order valence-corrected chi connectivity index (χ1v) is 16.1. The van der Waals surface area contributed by atoms with E-state index in [1.54, 1.807) is 13.2 Å². The molecule has 1 amide bonds. The van der Waals surface area contributed by atoms with Gasteiger partial charge in [-0.15, -0.1) is 0 Å². The number of halogens is 2. The largest absolute Gasteiger partial charge is 0.443 e. The van der Waals surface area contributed by atoms with E-state index in [0.29, 0.717) is 22.3 Å². The molecule has 9 heteroatoms. The van der Waals surface area contributed by atoms with Gasteiger partial charge in [-0.1, -0.05) is 41.5 Å². The topological polar surface area (TPSA) is 60.2 Å². The zero-order valence-electron chi connectivity index (χ0n) is 24.1. The third-order valence-electron chi connectivity index (χ3n) is 7.13. The average Bonchev–Trinajstić information content (AvgIpc) is 3.14. The summed E-state index contributed by atoms with van der Waals surface area (Å²) >= 11 is 3.85. The van der Waals surface area contributed by atoms with Crippen LogP contribution in [0, 0.1) is 5.82 Å². The minimum absolute atomic E-state index is 0.238. The molecular formula is C29H40BrFN4O2Si. The van der Waals surface area contributed by atoms with Crippen molar-refractivity contribution in [2.45, 2.75) is 84.5 Å². The maximum absolute atomic E-state index is 14.0. The van der Waals surface area contributed by atoms with Gasteiger partial charge in [0, 0.05) is 29.5 Å². The number of aromatic nitrogens is 3. The number of nitrogens with zero attached hydrogens (tertiary/aromatic N) is 4. The van der Waals surface area contributed by atoms with Gasteiger partial charge in [0.05, 0.1) is 11.4 Å². The van der Waals surface area contributed by atoms with Gasteiger partial charge in [0.2, 0.25) is 5.95 Å². The maximum atomic E-state index is 14.0. The molecule has 0 unspecified atom stereocenters. The van der Waals surface area contributed by atoms with Crippen molar-refractivity contribution in [1.82, 2.24) is 14.2 Å². The highest BCUT2D eigenvalue weighted by Gasteiger charge is 2.47. The van der Waals surface area contributed by atoms with Crippen molar-refractivity contribution in [1.29, 1.82) is 0 Å². The van der Waals surface area contributed by atoms with Crippen LogP contribution in [0.25, 0.3) is 22.5 Å². The predicted molar refractivity (Wildman–Crippen MR) is 160 cm³/mol. The summed E-state index contributed by atoms with van der Waals surface area (Å²) in [5.41, 5.74) is 4.12. The van der Waals surface area contributed by atoms with E-state index in [-0.39, 0.29) is 11.8 Å². The lowest BCUT2D eigenvalue weighted by molar-refractivity contribution is 0.0587. The Hall–Kier alpha value is -2.52. The van der Waals surface area contributed by atoms with Crippen molar-refractivity contribution in [2.75, 3.05) is 11.9 Å². The lowest BCUT2D eigenvalue weighted by Gasteiger charge is -2.45. The fraction of sp³-hybridized carbons (Fsp3) is 0.483. The second-order valence-electron chi connectivity index (χ2n) is 11.7. The van der Waals surface area contributed by atoms with E-state index in [1.807, 2.05) is 39.0 Å². The van der Waals surface area contributed by atoms with Crippen LogP contribution in [-0.4, -0.2) is 41.2 Å². The van der Waals surface area contributed by atoms with E-state index in [4.69, 9.17) is 9.72 Å². The van der Waals surface area contributed by atoms with Crippen molar-refractivity contribution >= 4 is 36.2 Å². The standard InChI is InChI=1S/C29H40BrFN4O2Si/c1-18(2)38(19(3)4,20(5)6)35-17-23(30)25(26(35)21-11-13-22(31)14-12-21)24-15-16-32-27(33-24)34(10)28(36)37-29(7,8)9/h11-20H,1-10H3. The van der Waals surface area contributed by atoms with Gasteiger partial charge in [-0.2, -0.15) is 0 Å². The van der Waals surface area contributed by atoms with Crippen molar-refractivity contribution in [2.24, 2.45) is 0 Å². The first-order chi connectivity index (χ1) is 17.6. The fourth-order valence-electron chi connectivity index (χ4n) is 5.81. The lowest BCUT2D eigenvalue weighted by Crippen LogP contribution is -2.52. The Kier molecular flexibility index (Phi) is 8.93. The van der Waals surface area contributed by atoms with Crippen LogP contribution in [0.5, 0.6) is 0 Å². The Labute approximate surface area is 235 Å². The van der Waals surface area contributed by atoms with Crippen LogP contribution in [0.2, 0.25) is 16.6 Å². The molecule has 3 aromatic rings. The van der Waals surface area contributed by atoms with Crippen LogP contribution in [0.3, 0.4) is 0 Å². The third-order valence-corrected chi connectivity index (χ3v) is 14.5. The highest BCUT2D eigenvalue weighted by molar-refractivity contribution is 9.10. The van der Waals surface area contributed by atoms with Gasteiger partial charge in [-0.05, 0) is 89.2 Å². The Morgan fingerprint density at radius 1 is 1.03 bits per heavy atom. The van der Waals surface area contributed by atoms with Crippen LogP contribution in [0.4, 0.5) is 15.1 Å². The highest BCUT2D eigenvalue weighted by Crippen LogP contribution is 2.49. The first kappa shape index (κ1) is 30.0. The molecule has 38 heavy (non-hydrogen) atoms. The summed E-state index contributed by atoms with van der Waals surface area (Å²) in [6.45, 7) is 19.3. The minimum Gasteiger partial charge on any atom is -0.443 e. The molecule has 6 nitrogen and oxygen atoms in total. The fourth-order valence-corrected chi connectivity index (χ4v) is 13.2. The molecule has 2 aromatic heterocycles. The second kappa shape index (κ2) is 11.3. The zero-order valence-corrected chi connectivity index (χ0v) is 26.7. The summed E-state index contributed by atoms with van der Waals surface area (Å²) < 4.78 is 22.9. The molecule has 2 heterocycles. The van der Waals surface area contributed by atoms with E-state index < -0.39 is 19.9 Å². The summed E-state index contributed by atoms with van der Waals surface area (Å²) in [6, 6.07) is 8.48. The van der Waals surface area contributed by atoms with Gasteiger partial charge >= 0.3 is 6.09 Å². The van der Waals surface area contributed by atoms with Crippen molar-refractivity contribution in [3.8, 4) is 22.5 Å². The molecule has 0 radical (unpaired) electrons. The SMILES string of the molecule is CC(C)[Si](C(C)C)(C(C)C)n1cc(Br)c(-c2ccnc(N(C)C(=O)OC(C)(C)C)n2)c1-c1ccc(F)cc1. The van der Waals surface area contributed by atoms with E-state index in [1.165, 1.54) is 17.0 Å². The van der Waals surface area contributed by atoms with Crippen LogP contribution < -0.4 is 4.90 Å². The maximum Gasteiger partial charge on any atom is 0.416 e. The molecule has 0 aliphatic rings. The molecule has 0 saturated carbocycles. The molecule has 0 bridgehead atoms. The second-order valence-corrected chi connectivity index (χ2v) is 18.3. The summed E-state index contributed by atoms with van der Waals surface area (Å²) in [5.74, 6) is -0.0441. The van der Waals surface area contributed by atoms with Crippen molar-refractivity contribution < 1.29 is 13.9 Å². The molecule has 0 N–H and O–H groups in total. The number of carbonyl (C=O) groups excluding carboxylic acids is 1. The van der Waals surface area contributed by atoms with Gasteiger partial charge in [-0.25, -0.2) is 24.1 Å². The molecule has 3 rings (SSSR count). The van der Waals surface area contributed by atoms with Gasteiger partial charge in [0.15, 0.2) is 8.24 Å². The summed E-state index contributed by atoms with van der Waals surface area (Å²) in [5, 5.41) is 0. The summed E-state index contributed by atoms with van der Waals surface area (Å²) in [7, 11) is -0.603. The van der Waals surface area contributed by atoms with Gasteiger partial charge in [0.25, 0.3) is 0 Å². The number of carbonyl (C=O) groups is 1. The summed E-state index contributed by atoms with van der Waals surface area (Å²) in [4.78, 5) is 23.2. The lowest BCUT2D eigenvalue weighted by atomic mass is 10.1. The number of hydrogen-bond acceptors (Lipinski definition) is 4. The molecule has 0 spiro atoms. The molecule has 0 saturated heterocycles. The molecular weight excluding hydrogens is 563 g/mol. The van der Waals surface area contributed by atoms with Crippen LogP contribution in [0.15, 0.2) is 47.2 Å². The zero-order chi connectivity index (χ0) is 28.6. The van der Waals surface area contributed by atoms with Gasteiger partial charge in [0.1, 0.15) is 11.4 Å². The van der Waals surface area contributed by atoms with Gasteiger partial charge < -0.3 is 8.97 Å². The van der Waals surface area contributed by atoms with Crippen LogP contribution in [0.1, 0.15) is 62.3 Å². The molecule has 1 aromatic carbocycles. The van der Waals surface area contributed by atoms with E-state index >= 15 is 0 Å². The normalized spacial score (nSPS) is 12.5. The van der Waals surface area contributed by atoms with E-state index in [2.05, 4.69) is 72.9 Å². The number of benzene rings is 1. The predicted octanol–water partition coefficient (Wildman–Crippen LogP) is 8.91. The Bertz CT molecular complexity index is 1260. The van der Waals surface area contributed by atoms with Crippen LogP contribution in [-0.2, 0) is 4.74 Å². The third kappa shape index (κ3) is 5.73. The van der Waals surface area contributed by atoms with E-state index in [9.17, 15) is 9.18 Å². The number of ether oxygens (including phenoxy) is 1. The Morgan fingerprint density at radius 2 is 1.58 bits per heavy atom. The minimum atomic E-state index is -2.20. The van der Waals surface area contributed by atoms with Crippen molar-refractivity contribution in [3.05, 3.63) is 53.0 Å². The number of amides is 1. The van der Waals surface area contributed by atoms with Gasteiger partial charge in [-0.3, -0.25) is 0 Å². The summed E-state index contributed by atoms with van der Waals surface area (Å²) in [6.07, 6.45) is 3.30. The van der Waals surface area contributed by atoms with Crippen molar-refractivity contribution in [3.63, 3.8) is 0 Å².